The van der Waals surface area contributed by atoms with E-state index in [1.807, 2.05) is 30.3 Å². The van der Waals surface area contributed by atoms with Crippen molar-refractivity contribution in [2.75, 3.05) is 26.0 Å². The highest BCUT2D eigenvalue weighted by Gasteiger charge is 2.17. The summed E-state index contributed by atoms with van der Waals surface area (Å²) in [7, 11) is 3.01. The average molecular weight is 415 g/mol. The van der Waals surface area contributed by atoms with Crippen molar-refractivity contribution in [2.45, 2.75) is 6.54 Å². The monoisotopic (exact) mass is 414 g/mol. The van der Waals surface area contributed by atoms with Gasteiger partial charge in [-0.1, -0.05) is 41.9 Å². The zero-order valence-corrected chi connectivity index (χ0v) is 16.6. The van der Waals surface area contributed by atoms with Crippen molar-refractivity contribution in [2.24, 2.45) is 0 Å². The Kier molecular flexibility index (Phi) is 6.40. The fourth-order valence-electron chi connectivity index (χ4n) is 2.53. The Bertz CT molecular complexity index is 1010. The van der Waals surface area contributed by atoms with Crippen LogP contribution in [0.15, 0.2) is 48.5 Å². The van der Waals surface area contributed by atoms with Gasteiger partial charge in [0.25, 0.3) is 0 Å². The average Bonchev–Trinajstić information content (AvgIpc) is 3.17. The lowest BCUT2D eigenvalue weighted by atomic mass is 10.2. The Hall–Kier alpha value is -3.46. The number of carbonyl (C=O) groups excluding carboxylic acids is 2. The van der Waals surface area contributed by atoms with Gasteiger partial charge in [-0.25, -0.2) is 0 Å². The van der Waals surface area contributed by atoms with Gasteiger partial charge in [-0.15, -0.1) is 10.2 Å². The van der Waals surface area contributed by atoms with Crippen LogP contribution in [0.3, 0.4) is 0 Å². The Morgan fingerprint density at radius 1 is 1.21 bits per heavy atom. The summed E-state index contributed by atoms with van der Waals surface area (Å²) in [6.45, 7) is -0.293. The van der Waals surface area contributed by atoms with Crippen LogP contribution in [0, 0.1) is 0 Å². The van der Waals surface area contributed by atoms with E-state index < -0.39 is 5.91 Å². The number of likely N-dealkylation sites (N-methyl/N-ethyl adjacent to an activating group) is 1. The molecule has 1 heterocycles. The van der Waals surface area contributed by atoms with E-state index in [-0.39, 0.29) is 19.0 Å². The van der Waals surface area contributed by atoms with E-state index in [1.165, 1.54) is 23.9 Å². The van der Waals surface area contributed by atoms with Crippen LogP contribution in [-0.2, 0) is 16.1 Å². The lowest BCUT2D eigenvalue weighted by Crippen LogP contribution is -2.37. The van der Waals surface area contributed by atoms with Crippen LogP contribution in [-0.4, -0.2) is 57.6 Å². The number of methoxy groups -OCH3 is 1. The largest absolute Gasteiger partial charge is 0.495 e. The summed E-state index contributed by atoms with van der Waals surface area (Å²) < 4.78 is 5.19. The van der Waals surface area contributed by atoms with Gasteiger partial charge in [0.2, 0.25) is 17.6 Å². The predicted octanol–water partition coefficient (Wildman–Crippen LogP) is 2.10. The second kappa shape index (κ2) is 9.16. The highest BCUT2D eigenvalue weighted by Crippen LogP contribution is 2.27. The number of benzene rings is 2. The number of nitrogens with zero attached hydrogens (tertiary/aromatic N) is 5. The molecular formula is C19H19ClN6O3. The Labute approximate surface area is 172 Å². The first kappa shape index (κ1) is 20.3. The molecule has 2 amide bonds. The SMILES string of the molecule is COc1ccc(Cl)cc1NC(=O)CN(C)C(=O)Cn1nnc(-c2ccccc2)n1. The van der Waals surface area contributed by atoms with Crippen LogP contribution in [0.5, 0.6) is 5.75 Å². The van der Waals surface area contributed by atoms with Crippen molar-refractivity contribution in [1.29, 1.82) is 0 Å². The summed E-state index contributed by atoms with van der Waals surface area (Å²) in [5.41, 5.74) is 1.23. The van der Waals surface area contributed by atoms with Crippen molar-refractivity contribution in [3.63, 3.8) is 0 Å². The van der Waals surface area contributed by atoms with E-state index in [0.29, 0.717) is 22.3 Å². The van der Waals surface area contributed by atoms with Gasteiger partial charge in [0.05, 0.1) is 19.3 Å². The molecule has 1 N–H and O–H groups in total. The maximum atomic E-state index is 12.4. The third kappa shape index (κ3) is 5.29. The van der Waals surface area contributed by atoms with Gasteiger partial charge in [0, 0.05) is 17.6 Å². The molecule has 0 aliphatic heterocycles. The molecule has 9 nitrogen and oxygen atoms in total. The molecule has 0 saturated heterocycles. The number of nitrogens with one attached hydrogen (secondary N) is 1. The summed E-state index contributed by atoms with van der Waals surface area (Å²) in [6.07, 6.45) is 0. The zero-order chi connectivity index (χ0) is 20.8. The number of carbonyl (C=O) groups is 2. The summed E-state index contributed by atoms with van der Waals surface area (Å²) in [6, 6.07) is 14.2. The highest BCUT2D eigenvalue weighted by atomic mass is 35.5. The molecule has 0 spiro atoms. The highest BCUT2D eigenvalue weighted by molar-refractivity contribution is 6.31. The molecular weight excluding hydrogens is 396 g/mol. The first-order chi connectivity index (χ1) is 14.0. The number of rotatable bonds is 7. The zero-order valence-electron chi connectivity index (χ0n) is 15.9. The molecule has 0 aliphatic carbocycles. The van der Waals surface area contributed by atoms with Crippen LogP contribution in [0.25, 0.3) is 11.4 Å². The first-order valence-corrected chi connectivity index (χ1v) is 9.04. The van der Waals surface area contributed by atoms with E-state index in [0.717, 1.165) is 5.56 Å². The van der Waals surface area contributed by atoms with Gasteiger partial charge in [-0.2, -0.15) is 4.80 Å². The van der Waals surface area contributed by atoms with Gasteiger partial charge in [0.15, 0.2) is 0 Å². The van der Waals surface area contributed by atoms with Crippen LogP contribution in [0.4, 0.5) is 5.69 Å². The van der Waals surface area contributed by atoms with Gasteiger partial charge in [0.1, 0.15) is 12.3 Å². The Morgan fingerprint density at radius 3 is 2.69 bits per heavy atom. The molecule has 10 heteroatoms. The molecule has 0 atom stereocenters. The van der Waals surface area contributed by atoms with E-state index >= 15 is 0 Å². The normalized spacial score (nSPS) is 10.4. The Morgan fingerprint density at radius 2 is 1.97 bits per heavy atom. The fourth-order valence-corrected chi connectivity index (χ4v) is 2.70. The van der Waals surface area contributed by atoms with Crippen LogP contribution < -0.4 is 10.1 Å². The quantitative estimate of drug-likeness (QED) is 0.635. The maximum absolute atomic E-state index is 12.4. The first-order valence-electron chi connectivity index (χ1n) is 8.67. The standard InChI is InChI=1S/C19H19ClN6O3/c1-25(11-17(27)21-15-10-14(20)8-9-16(15)29-2)18(28)12-26-23-19(22-24-26)13-6-4-3-5-7-13/h3-10H,11-12H2,1-2H3,(H,21,27). The third-order valence-electron chi connectivity index (χ3n) is 4.00. The third-order valence-corrected chi connectivity index (χ3v) is 4.24. The number of tetrazole rings is 1. The van der Waals surface area contributed by atoms with Gasteiger partial charge >= 0.3 is 0 Å². The lowest BCUT2D eigenvalue weighted by Gasteiger charge is -2.17. The Balaban J connectivity index is 1.57. The number of halogens is 1. The molecule has 0 unspecified atom stereocenters. The summed E-state index contributed by atoms with van der Waals surface area (Å²) in [5, 5.41) is 15.2. The minimum absolute atomic E-state index is 0.135. The van der Waals surface area contributed by atoms with E-state index in [4.69, 9.17) is 16.3 Å². The minimum atomic E-state index is -0.391. The fraction of sp³-hybridized carbons (Fsp3) is 0.211. The van der Waals surface area contributed by atoms with E-state index in [1.54, 1.807) is 18.2 Å². The molecule has 2 aromatic carbocycles. The van der Waals surface area contributed by atoms with Crippen molar-refractivity contribution in [3.8, 4) is 17.1 Å². The number of anilines is 1. The topological polar surface area (TPSA) is 102 Å². The van der Waals surface area contributed by atoms with E-state index in [2.05, 4.69) is 20.7 Å². The minimum Gasteiger partial charge on any atom is -0.495 e. The second-order valence-electron chi connectivity index (χ2n) is 6.15. The summed E-state index contributed by atoms with van der Waals surface area (Å²) in [4.78, 5) is 27.2. The number of hydrogen-bond acceptors (Lipinski definition) is 6. The number of aromatic nitrogens is 4. The smallest absolute Gasteiger partial charge is 0.246 e. The van der Waals surface area contributed by atoms with Crippen LogP contribution in [0.1, 0.15) is 0 Å². The van der Waals surface area contributed by atoms with Crippen molar-refractivity contribution in [3.05, 3.63) is 53.6 Å². The predicted molar refractivity (Wildman–Crippen MR) is 108 cm³/mol. The summed E-state index contributed by atoms with van der Waals surface area (Å²) >= 11 is 5.96. The lowest BCUT2D eigenvalue weighted by molar-refractivity contribution is -0.134. The molecule has 29 heavy (non-hydrogen) atoms. The van der Waals surface area contributed by atoms with Gasteiger partial charge in [-0.3, -0.25) is 9.59 Å². The van der Waals surface area contributed by atoms with Crippen molar-refractivity contribution in [1.82, 2.24) is 25.1 Å². The molecule has 1 aromatic heterocycles. The molecule has 0 radical (unpaired) electrons. The number of amides is 2. The molecule has 0 aliphatic rings. The molecule has 0 saturated carbocycles. The van der Waals surface area contributed by atoms with Crippen LogP contribution >= 0.6 is 11.6 Å². The summed E-state index contributed by atoms with van der Waals surface area (Å²) in [5.74, 6) is 0.164. The number of ether oxygens (including phenoxy) is 1. The molecule has 3 rings (SSSR count). The molecule has 0 fully saturated rings. The van der Waals surface area contributed by atoms with Gasteiger partial charge < -0.3 is 15.0 Å². The van der Waals surface area contributed by atoms with E-state index in [9.17, 15) is 9.59 Å². The van der Waals surface area contributed by atoms with Crippen molar-refractivity contribution >= 4 is 29.1 Å². The number of hydrogen-bond donors (Lipinski definition) is 1. The second-order valence-corrected chi connectivity index (χ2v) is 6.59. The van der Waals surface area contributed by atoms with Gasteiger partial charge in [-0.05, 0) is 23.4 Å². The molecule has 0 bridgehead atoms. The van der Waals surface area contributed by atoms with Crippen LogP contribution in [0.2, 0.25) is 5.02 Å². The van der Waals surface area contributed by atoms with Crippen molar-refractivity contribution < 1.29 is 14.3 Å². The molecule has 150 valence electrons. The molecule has 3 aromatic rings. The maximum Gasteiger partial charge on any atom is 0.246 e.